The van der Waals surface area contributed by atoms with Crippen LogP contribution in [0.15, 0.2) is 117 Å². The molecule has 5 aromatic rings. The summed E-state index contributed by atoms with van der Waals surface area (Å²) >= 11 is 0. The molecule has 12 nitrogen and oxygen atoms in total. The molecule has 0 bridgehead atoms. The van der Waals surface area contributed by atoms with Crippen molar-refractivity contribution in [3.8, 4) is 11.5 Å². The third-order valence-electron chi connectivity index (χ3n) is 6.71. The molecule has 0 saturated heterocycles. The second-order valence-corrected chi connectivity index (χ2v) is 12.8. The molecule has 0 heterocycles. The number of anilines is 2. The number of hydrogen-bond donors (Lipinski definition) is 3. The Labute approximate surface area is 287 Å². The summed E-state index contributed by atoms with van der Waals surface area (Å²) in [5.41, 5.74) is 0.626. The Morgan fingerprint density at radius 2 is 1.57 bits per heavy atom. The van der Waals surface area contributed by atoms with E-state index in [1.807, 2.05) is 0 Å². The molecule has 3 N–H and O–H groups in total. The Hall–Kier alpha value is -4.31. The molecule has 5 aromatic carbocycles. The number of carbonyl (C=O) groups excluding carboxylic acids is 1. The van der Waals surface area contributed by atoms with E-state index in [0.717, 1.165) is 12.1 Å². The molecular formula is C31H25N4NaO8S2. The Kier molecular flexibility index (Phi) is 10.5. The molecule has 0 saturated carbocycles. The Bertz CT molecular complexity index is 2210. The van der Waals surface area contributed by atoms with E-state index in [4.69, 9.17) is 4.74 Å². The Morgan fingerprint density at radius 1 is 0.848 bits per heavy atom. The maximum absolute atomic E-state index is 13.6. The van der Waals surface area contributed by atoms with Crippen molar-refractivity contribution in [1.82, 2.24) is 0 Å². The second-order valence-electron chi connectivity index (χ2n) is 9.73. The average Bonchev–Trinajstić information content (AvgIpc) is 3.00. The van der Waals surface area contributed by atoms with Crippen LogP contribution in [0.1, 0.15) is 15.9 Å². The van der Waals surface area contributed by atoms with Gasteiger partial charge in [0.15, 0.2) is 0 Å². The second kappa shape index (κ2) is 14.0. The van der Waals surface area contributed by atoms with Crippen molar-refractivity contribution in [3.63, 3.8) is 0 Å². The number of carbonyl (C=O) groups is 1. The van der Waals surface area contributed by atoms with Crippen LogP contribution in [-0.4, -0.2) is 34.4 Å². The largest absolute Gasteiger partial charge is 1.00 e. The molecule has 0 fully saturated rings. The number of aryl methyl sites for hydroxylation is 1. The Balaban J connectivity index is 0.00000480. The molecule has 0 radical (unpaired) electrons. The minimum absolute atomic E-state index is 0. The molecule has 0 aliphatic heterocycles. The number of amides is 1. The van der Waals surface area contributed by atoms with Crippen LogP contribution in [0.3, 0.4) is 0 Å². The van der Waals surface area contributed by atoms with Crippen LogP contribution in [0.25, 0.3) is 10.8 Å². The van der Waals surface area contributed by atoms with Crippen molar-refractivity contribution in [2.45, 2.75) is 16.7 Å². The first-order valence-corrected chi connectivity index (χ1v) is 16.1. The van der Waals surface area contributed by atoms with Gasteiger partial charge in [0.2, 0.25) is 0 Å². The van der Waals surface area contributed by atoms with Crippen LogP contribution in [0.4, 0.5) is 22.7 Å². The average molecular weight is 669 g/mol. The van der Waals surface area contributed by atoms with Gasteiger partial charge >= 0.3 is 29.6 Å². The van der Waals surface area contributed by atoms with Crippen molar-refractivity contribution in [3.05, 3.63) is 108 Å². The van der Waals surface area contributed by atoms with Crippen molar-refractivity contribution < 1.29 is 65.6 Å². The number of nitrogens with zero attached hydrogens (tertiary/aromatic N) is 2. The molecule has 0 spiro atoms. The van der Waals surface area contributed by atoms with Crippen LogP contribution in [0.2, 0.25) is 0 Å². The van der Waals surface area contributed by atoms with Crippen molar-refractivity contribution in [1.29, 1.82) is 0 Å². The van der Waals surface area contributed by atoms with Gasteiger partial charge in [-0.1, -0.05) is 54.3 Å². The molecule has 15 heteroatoms. The minimum atomic E-state index is -4.56. The van der Waals surface area contributed by atoms with Crippen molar-refractivity contribution >= 4 is 59.6 Å². The van der Waals surface area contributed by atoms with Crippen LogP contribution in [0, 0.1) is 6.92 Å². The zero-order valence-electron chi connectivity index (χ0n) is 24.8. The summed E-state index contributed by atoms with van der Waals surface area (Å²) in [5, 5.41) is 25.7. The molecule has 0 aromatic heterocycles. The monoisotopic (exact) mass is 668 g/mol. The molecule has 5 rings (SSSR count). The van der Waals surface area contributed by atoms with Crippen LogP contribution < -0.4 is 49.4 Å². The number of benzene rings is 5. The smallest absolute Gasteiger partial charge is 0.870 e. The summed E-state index contributed by atoms with van der Waals surface area (Å²) in [6.45, 7) is 1.67. The van der Waals surface area contributed by atoms with Gasteiger partial charge in [0.1, 0.15) is 5.75 Å². The molecular weight excluding hydrogens is 643 g/mol. The predicted molar refractivity (Wildman–Crippen MR) is 167 cm³/mol. The van der Waals surface area contributed by atoms with E-state index in [2.05, 4.69) is 20.3 Å². The zero-order chi connectivity index (χ0) is 32.4. The fourth-order valence-electron chi connectivity index (χ4n) is 4.42. The van der Waals surface area contributed by atoms with E-state index in [9.17, 15) is 31.3 Å². The number of para-hydroxylation sites is 2. The van der Waals surface area contributed by atoms with Crippen LogP contribution >= 0.6 is 0 Å². The number of azo groups is 1. The predicted octanol–water partition coefficient (Wildman–Crippen LogP) is 2.95. The summed E-state index contributed by atoms with van der Waals surface area (Å²) in [6.07, 6.45) is 0. The summed E-state index contributed by atoms with van der Waals surface area (Å²) < 4.78 is 66.1. The number of fused-ring (bicyclic) bond motifs is 1. The standard InChI is InChI=1S/C31H26N4O8S2.Na/c1-19-14-15-22(44(38,39)35-21-9-7-10-23(17-21)45(40,41)42)18-27(19)33-34-29-24-11-4-3-8-20(24)16-25(30(29)36)31(37)32-26-12-5-6-13-28(26)43-2;/h3-18,35-36H,1-2H3,(H,32,37)(H,40,41,42);/q;+1/p-1. The van der Waals surface area contributed by atoms with Gasteiger partial charge in [-0.15, -0.1) is 0 Å². The van der Waals surface area contributed by atoms with Gasteiger partial charge in [0.05, 0.1) is 39.7 Å². The van der Waals surface area contributed by atoms with E-state index < -0.39 is 36.7 Å². The van der Waals surface area contributed by atoms with E-state index in [1.165, 1.54) is 43.5 Å². The molecule has 230 valence electrons. The third-order valence-corrected chi connectivity index (χ3v) is 8.94. The summed E-state index contributed by atoms with van der Waals surface area (Å²) in [5.74, 6) is -0.961. The summed E-state index contributed by atoms with van der Waals surface area (Å²) in [4.78, 5) is 12.5. The van der Waals surface area contributed by atoms with Crippen LogP contribution in [0.5, 0.6) is 11.5 Å². The quantitative estimate of drug-likeness (QED) is 0.122. The minimum Gasteiger partial charge on any atom is -0.870 e. The van der Waals surface area contributed by atoms with E-state index in [-0.39, 0.29) is 57.1 Å². The van der Waals surface area contributed by atoms with Crippen molar-refractivity contribution in [2.24, 2.45) is 10.2 Å². The van der Waals surface area contributed by atoms with Gasteiger partial charge in [0, 0.05) is 10.9 Å². The first-order valence-electron chi connectivity index (χ1n) is 13.2. The first-order chi connectivity index (χ1) is 21.4. The van der Waals surface area contributed by atoms with Crippen LogP contribution in [-0.2, 0) is 20.1 Å². The topological polar surface area (TPSA) is 187 Å². The molecule has 0 aliphatic carbocycles. The van der Waals surface area contributed by atoms with Gasteiger partial charge in [-0.2, -0.15) is 18.6 Å². The maximum atomic E-state index is 13.6. The number of methoxy groups -OCH3 is 1. The van der Waals surface area contributed by atoms with Gasteiger partial charge in [-0.3, -0.25) is 14.1 Å². The molecule has 46 heavy (non-hydrogen) atoms. The Morgan fingerprint density at radius 3 is 2.30 bits per heavy atom. The molecule has 1 amide bonds. The first kappa shape index (κ1) is 34.6. The fraction of sp³-hybridized carbons (Fsp3) is 0.0645. The number of rotatable bonds is 9. The van der Waals surface area contributed by atoms with Gasteiger partial charge < -0.3 is 15.2 Å². The SMILES string of the molecule is COc1ccccc1NC(=O)c1cc2ccccc2c(N=Nc2cc(S(=O)(=O)Nc3cccc(S(=O)(=O)O)c3)ccc2C)c1[O-].[Na+]. The molecule has 0 atom stereocenters. The number of nitrogens with one attached hydrogen (secondary N) is 2. The molecule has 0 unspecified atom stereocenters. The van der Waals surface area contributed by atoms with E-state index in [0.29, 0.717) is 27.8 Å². The summed E-state index contributed by atoms with van der Waals surface area (Å²) in [6, 6.07) is 23.7. The fourth-order valence-corrected chi connectivity index (χ4v) is 6.01. The van der Waals surface area contributed by atoms with Gasteiger partial charge in [-0.25, -0.2) is 8.42 Å². The zero-order valence-corrected chi connectivity index (χ0v) is 28.4. The van der Waals surface area contributed by atoms with Gasteiger partial charge in [0.25, 0.3) is 26.0 Å². The van der Waals surface area contributed by atoms with Crippen molar-refractivity contribution in [2.75, 3.05) is 17.1 Å². The normalized spacial score (nSPS) is 11.6. The maximum Gasteiger partial charge on any atom is 1.00 e. The van der Waals surface area contributed by atoms with E-state index in [1.54, 1.807) is 55.5 Å². The molecule has 0 aliphatic rings. The number of hydrogen-bond acceptors (Lipinski definition) is 9. The summed E-state index contributed by atoms with van der Waals surface area (Å²) in [7, 11) is -7.35. The third kappa shape index (κ3) is 7.55. The van der Waals surface area contributed by atoms with Gasteiger partial charge in [-0.05, 0) is 66.4 Å². The van der Waals surface area contributed by atoms with E-state index >= 15 is 0 Å². The number of ether oxygens (including phenoxy) is 1. The number of sulfonamides is 1.